The van der Waals surface area contributed by atoms with Gasteiger partial charge in [0.1, 0.15) is 18.2 Å². The lowest BCUT2D eigenvalue weighted by molar-refractivity contribution is 0.0469. The summed E-state index contributed by atoms with van der Waals surface area (Å²) in [6, 6.07) is 21.8. The van der Waals surface area contributed by atoms with E-state index in [2.05, 4.69) is 0 Å². The number of nitrogens with zero attached hydrogens (tertiary/aromatic N) is 3. The Morgan fingerprint density at radius 2 is 1.31 bits per heavy atom. The van der Waals surface area contributed by atoms with Crippen LogP contribution in [0, 0.1) is 11.6 Å². The predicted molar refractivity (Wildman–Crippen MR) is 127 cm³/mol. The van der Waals surface area contributed by atoms with E-state index in [9.17, 15) is 18.4 Å². The van der Waals surface area contributed by atoms with Gasteiger partial charge in [-0.25, -0.2) is 18.4 Å². The first-order valence-corrected chi connectivity index (χ1v) is 11.6. The number of carbonyl (C=O) groups excluding carboxylic acids is 2. The van der Waals surface area contributed by atoms with Gasteiger partial charge in [0.05, 0.1) is 29.0 Å². The van der Waals surface area contributed by atoms with Gasteiger partial charge in [0, 0.05) is 13.1 Å². The maximum atomic E-state index is 13.9. The van der Waals surface area contributed by atoms with E-state index in [1.165, 1.54) is 6.07 Å². The summed E-state index contributed by atoms with van der Waals surface area (Å²) >= 11 is 0. The van der Waals surface area contributed by atoms with Gasteiger partial charge < -0.3 is 9.64 Å². The highest BCUT2D eigenvalue weighted by Gasteiger charge is 2.45. The molecule has 2 heterocycles. The molecule has 8 heteroatoms. The second-order valence-electron chi connectivity index (χ2n) is 8.74. The van der Waals surface area contributed by atoms with Crippen molar-refractivity contribution in [1.82, 2.24) is 9.80 Å². The Morgan fingerprint density at radius 3 is 1.83 bits per heavy atom. The van der Waals surface area contributed by atoms with Crippen LogP contribution in [0.3, 0.4) is 0 Å². The fourth-order valence-corrected chi connectivity index (χ4v) is 4.90. The smallest absolute Gasteiger partial charge is 0.410 e. The minimum Gasteiger partial charge on any atom is -0.444 e. The summed E-state index contributed by atoms with van der Waals surface area (Å²) in [5, 5.41) is 0. The number of likely N-dealkylation sites (tertiary alicyclic amines) is 1. The Balaban J connectivity index is 1.30. The quantitative estimate of drug-likeness (QED) is 0.484. The van der Waals surface area contributed by atoms with Crippen molar-refractivity contribution in [2.75, 3.05) is 18.0 Å². The van der Waals surface area contributed by atoms with Crippen molar-refractivity contribution in [3.8, 4) is 0 Å². The van der Waals surface area contributed by atoms with Gasteiger partial charge in [-0.15, -0.1) is 0 Å². The summed E-state index contributed by atoms with van der Waals surface area (Å²) in [5.74, 6) is -1.50. The van der Waals surface area contributed by atoms with Gasteiger partial charge in [0.15, 0.2) is 0 Å². The third-order valence-electron chi connectivity index (χ3n) is 6.59. The summed E-state index contributed by atoms with van der Waals surface area (Å²) < 4.78 is 33.1. The lowest BCUT2D eigenvalue weighted by Gasteiger charge is -2.42. The zero-order valence-electron chi connectivity index (χ0n) is 19.0. The number of fused-ring (bicyclic) bond motifs is 2. The van der Waals surface area contributed by atoms with Crippen LogP contribution < -0.4 is 4.90 Å². The highest BCUT2D eigenvalue weighted by Crippen LogP contribution is 2.34. The summed E-state index contributed by atoms with van der Waals surface area (Å²) in [6.07, 6.45) is 0.845. The average Bonchev–Trinajstić information content (AvgIpc) is 3.14. The van der Waals surface area contributed by atoms with Gasteiger partial charge in [-0.1, -0.05) is 42.5 Å². The molecule has 35 heavy (non-hydrogen) atoms. The molecule has 0 aromatic heterocycles. The molecule has 0 radical (unpaired) electrons. The molecular weight excluding hydrogens is 452 g/mol. The van der Waals surface area contributed by atoms with Gasteiger partial charge in [-0.3, -0.25) is 9.80 Å². The van der Waals surface area contributed by atoms with E-state index in [1.54, 1.807) is 14.7 Å². The summed E-state index contributed by atoms with van der Waals surface area (Å²) in [6.45, 7) is 0.231. The molecule has 180 valence electrons. The van der Waals surface area contributed by atoms with Gasteiger partial charge in [-0.2, -0.15) is 0 Å². The van der Waals surface area contributed by atoms with E-state index in [0.717, 1.165) is 36.3 Å². The van der Waals surface area contributed by atoms with Crippen molar-refractivity contribution >= 4 is 23.5 Å². The molecule has 0 unspecified atom stereocenters. The number of anilines is 2. The van der Waals surface area contributed by atoms with Crippen molar-refractivity contribution in [3.63, 3.8) is 0 Å². The first kappa shape index (κ1) is 22.8. The van der Waals surface area contributed by atoms with Crippen molar-refractivity contribution < 1.29 is 23.1 Å². The average molecular weight is 478 g/mol. The number of ether oxygens (including phenoxy) is 1. The number of piperazine rings is 1. The van der Waals surface area contributed by atoms with Crippen LogP contribution >= 0.6 is 0 Å². The van der Waals surface area contributed by atoms with Gasteiger partial charge in [0.25, 0.3) is 0 Å². The Bertz CT molecular complexity index is 1140. The molecular formula is C27H25F2N3O3. The predicted octanol–water partition coefficient (Wildman–Crippen LogP) is 5.71. The van der Waals surface area contributed by atoms with Gasteiger partial charge in [-0.05, 0) is 49.2 Å². The van der Waals surface area contributed by atoms with E-state index in [1.807, 2.05) is 60.7 Å². The second kappa shape index (κ2) is 9.74. The molecule has 5 rings (SSSR count). The van der Waals surface area contributed by atoms with Crippen molar-refractivity contribution in [2.45, 2.75) is 31.5 Å². The molecule has 2 bridgehead atoms. The minimum absolute atomic E-state index is 0.166. The fourth-order valence-electron chi connectivity index (χ4n) is 4.90. The summed E-state index contributed by atoms with van der Waals surface area (Å²) in [4.78, 5) is 31.6. The molecule has 6 nitrogen and oxygen atoms in total. The third kappa shape index (κ3) is 4.56. The van der Waals surface area contributed by atoms with E-state index in [4.69, 9.17) is 4.74 Å². The minimum atomic E-state index is -0.752. The molecule has 0 spiro atoms. The molecule has 0 saturated carbocycles. The standard InChI is InChI=1S/C27H25F2N3O3/c28-24-12-7-13-25(29)23(24)18-35-27(34)32-21-14-15-22(32)17-30(16-21)26(33)31(19-8-3-1-4-9-19)20-10-5-2-6-11-20/h1-13,21-22H,14-18H2/t21-,22+. The topological polar surface area (TPSA) is 53.1 Å². The van der Waals surface area contributed by atoms with Crippen LogP contribution in [0.4, 0.5) is 29.7 Å². The highest BCUT2D eigenvalue weighted by molar-refractivity contribution is 5.99. The SMILES string of the molecule is O=C(N1C[C@H]2CC[C@@H](C1)N2C(=O)OCc1c(F)cccc1F)N(c1ccccc1)c1ccccc1. The van der Waals surface area contributed by atoms with E-state index >= 15 is 0 Å². The molecule has 0 aliphatic carbocycles. The van der Waals surface area contributed by atoms with Crippen LogP contribution in [-0.4, -0.2) is 47.1 Å². The zero-order valence-corrected chi connectivity index (χ0v) is 19.0. The van der Waals surface area contributed by atoms with Crippen LogP contribution in [0.2, 0.25) is 0 Å². The van der Waals surface area contributed by atoms with E-state index < -0.39 is 24.3 Å². The maximum absolute atomic E-state index is 13.9. The number of hydrogen-bond acceptors (Lipinski definition) is 3. The number of hydrogen-bond donors (Lipinski definition) is 0. The molecule has 3 aromatic carbocycles. The Hall–Kier alpha value is -3.94. The number of carbonyl (C=O) groups is 2. The molecule has 2 atom stereocenters. The zero-order chi connectivity index (χ0) is 24.4. The van der Waals surface area contributed by atoms with Crippen molar-refractivity contribution in [1.29, 1.82) is 0 Å². The first-order valence-electron chi connectivity index (χ1n) is 11.6. The molecule has 3 aromatic rings. The van der Waals surface area contributed by atoms with Gasteiger partial charge >= 0.3 is 12.1 Å². The van der Waals surface area contributed by atoms with Crippen LogP contribution in [0.1, 0.15) is 18.4 Å². The Kier molecular flexibility index (Phi) is 6.35. The lowest BCUT2D eigenvalue weighted by Crippen LogP contribution is -2.59. The Morgan fingerprint density at radius 1 is 0.800 bits per heavy atom. The van der Waals surface area contributed by atoms with Crippen LogP contribution in [-0.2, 0) is 11.3 Å². The molecule has 2 aliphatic rings. The van der Waals surface area contributed by atoms with Gasteiger partial charge in [0.2, 0.25) is 0 Å². The van der Waals surface area contributed by atoms with Crippen LogP contribution in [0.25, 0.3) is 0 Å². The number of urea groups is 1. The lowest BCUT2D eigenvalue weighted by atomic mass is 10.2. The normalized spacial score (nSPS) is 18.9. The summed E-state index contributed by atoms with van der Waals surface area (Å²) in [7, 11) is 0. The number of halogens is 2. The Labute approximate surface area is 202 Å². The van der Waals surface area contributed by atoms with Crippen LogP contribution in [0.15, 0.2) is 78.9 Å². The number of amides is 3. The molecule has 2 fully saturated rings. The summed E-state index contributed by atoms with van der Waals surface area (Å²) in [5.41, 5.74) is 1.23. The molecule has 0 N–H and O–H groups in total. The number of rotatable bonds is 4. The highest BCUT2D eigenvalue weighted by atomic mass is 19.1. The van der Waals surface area contributed by atoms with Crippen LogP contribution in [0.5, 0.6) is 0 Å². The second-order valence-corrected chi connectivity index (χ2v) is 8.74. The molecule has 2 aliphatic heterocycles. The van der Waals surface area contributed by atoms with E-state index in [-0.39, 0.29) is 23.7 Å². The monoisotopic (exact) mass is 477 g/mol. The van der Waals surface area contributed by atoms with Crippen molar-refractivity contribution in [2.24, 2.45) is 0 Å². The van der Waals surface area contributed by atoms with E-state index in [0.29, 0.717) is 13.1 Å². The number of para-hydroxylation sites is 2. The van der Waals surface area contributed by atoms with Crippen molar-refractivity contribution in [3.05, 3.63) is 96.1 Å². The largest absolute Gasteiger partial charge is 0.444 e. The molecule has 3 amide bonds. The number of benzene rings is 3. The fraction of sp³-hybridized carbons (Fsp3) is 0.259. The maximum Gasteiger partial charge on any atom is 0.410 e. The first-order chi connectivity index (χ1) is 17.0. The molecule has 2 saturated heterocycles. The third-order valence-corrected chi connectivity index (χ3v) is 6.59.